The fraction of sp³-hybridized carbons (Fsp3) is 0.357. The first kappa shape index (κ1) is 11.3. The number of ether oxygens (including phenoxy) is 1. The van der Waals surface area contributed by atoms with Crippen LogP contribution in [0.3, 0.4) is 0 Å². The molecule has 3 rings (SSSR count). The molecule has 0 radical (unpaired) electrons. The van der Waals surface area contributed by atoms with Gasteiger partial charge in [-0.05, 0) is 30.4 Å². The van der Waals surface area contributed by atoms with Crippen molar-refractivity contribution in [1.29, 1.82) is 0 Å². The minimum absolute atomic E-state index is 0.0409. The van der Waals surface area contributed by atoms with Crippen LogP contribution < -0.4 is 10.5 Å². The number of nitrogens with zero attached hydrogens (tertiary/aromatic N) is 1. The molecule has 0 fully saturated rings. The van der Waals surface area contributed by atoms with Crippen molar-refractivity contribution >= 4 is 0 Å². The van der Waals surface area contributed by atoms with E-state index in [1.165, 1.54) is 11.1 Å². The zero-order valence-electron chi connectivity index (χ0n) is 10.1. The molecular weight excluding hydrogens is 228 g/mol. The van der Waals surface area contributed by atoms with Crippen molar-refractivity contribution in [3.05, 3.63) is 47.3 Å². The summed E-state index contributed by atoms with van der Waals surface area (Å²) >= 11 is 0. The Morgan fingerprint density at radius 1 is 1.39 bits per heavy atom. The predicted molar refractivity (Wildman–Crippen MR) is 67.1 cm³/mol. The van der Waals surface area contributed by atoms with Gasteiger partial charge in [0.15, 0.2) is 0 Å². The van der Waals surface area contributed by atoms with Gasteiger partial charge in [0, 0.05) is 6.54 Å². The molecule has 1 atom stereocenters. The minimum Gasteiger partial charge on any atom is -0.442 e. The maximum Gasteiger partial charge on any atom is 0.394 e. The SMILES string of the molecule is NCc1coc(OC2CCCc3ccccc32)n1. The Morgan fingerprint density at radius 2 is 2.28 bits per heavy atom. The summed E-state index contributed by atoms with van der Waals surface area (Å²) in [4.78, 5) is 4.18. The number of rotatable bonds is 3. The molecule has 0 saturated carbocycles. The summed E-state index contributed by atoms with van der Waals surface area (Å²) < 4.78 is 11.1. The lowest BCUT2D eigenvalue weighted by atomic mass is 9.89. The summed E-state index contributed by atoms with van der Waals surface area (Å²) in [5, 5.41) is 0. The van der Waals surface area contributed by atoms with Gasteiger partial charge in [0.25, 0.3) is 0 Å². The van der Waals surface area contributed by atoms with Gasteiger partial charge in [0.1, 0.15) is 12.4 Å². The van der Waals surface area contributed by atoms with E-state index in [2.05, 4.69) is 23.2 Å². The molecule has 1 aliphatic carbocycles. The average Bonchev–Trinajstić information content (AvgIpc) is 2.87. The number of hydrogen-bond acceptors (Lipinski definition) is 4. The van der Waals surface area contributed by atoms with Crippen molar-refractivity contribution in [1.82, 2.24) is 4.98 Å². The normalized spacial score (nSPS) is 18.4. The third kappa shape index (κ3) is 2.11. The predicted octanol–water partition coefficient (Wildman–Crippen LogP) is 2.59. The quantitative estimate of drug-likeness (QED) is 0.901. The highest BCUT2D eigenvalue weighted by Crippen LogP contribution is 2.33. The van der Waals surface area contributed by atoms with Crippen molar-refractivity contribution in [2.75, 3.05) is 0 Å². The van der Waals surface area contributed by atoms with E-state index in [0.29, 0.717) is 18.3 Å². The lowest BCUT2D eigenvalue weighted by Gasteiger charge is -2.24. The second kappa shape index (κ2) is 4.82. The first-order valence-corrected chi connectivity index (χ1v) is 6.26. The number of aromatic nitrogens is 1. The maximum absolute atomic E-state index is 5.83. The van der Waals surface area contributed by atoms with Gasteiger partial charge in [0.2, 0.25) is 0 Å². The second-order valence-corrected chi connectivity index (χ2v) is 4.51. The van der Waals surface area contributed by atoms with E-state index in [1.807, 2.05) is 6.07 Å². The Morgan fingerprint density at radius 3 is 3.11 bits per heavy atom. The molecule has 0 bridgehead atoms. The van der Waals surface area contributed by atoms with Crippen LogP contribution in [0.1, 0.15) is 35.8 Å². The van der Waals surface area contributed by atoms with Gasteiger partial charge in [-0.15, -0.1) is 0 Å². The molecule has 1 aromatic heterocycles. The van der Waals surface area contributed by atoms with Crippen molar-refractivity contribution in [2.24, 2.45) is 5.73 Å². The molecule has 4 nitrogen and oxygen atoms in total. The van der Waals surface area contributed by atoms with Crippen LogP contribution in [-0.2, 0) is 13.0 Å². The monoisotopic (exact) mass is 244 g/mol. The van der Waals surface area contributed by atoms with E-state index in [4.69, 9.17) is 14.9 Å². The first-order chi connectivity index (χ1) is 8.86. The Kier molecular flexibility index (Phi) is 3.02. The van der Waals surface area contributed by atoms with Crippen LogP contribution in [-0.4, -0.2) is 4.98 Å². The van der Waals surface area contributed by atoms with E-state index >= 15 is 0 Å². The van der Waals surface area contributed by atoms with Crippen LogP contribution in [0.5, 0.6) is 6.08 Å². The van der Waals surface area contributed by atoms with Gasteiger partial charge in [-0.2, -0.15) is 4.98 Å². The van der Waals surface area contributed by atoms with Crippen molar-refractivity contribution in [3.63, 3.8) is 0 Å². The lowest BCUT2D eigenvalue weighted by molar-refractivity contribution is 0.132. The molecule has 2 N–H and O–H groups in total. The third-order valence-corrected chi connectivity index (χ3v) is 3.30. The zero-order chi connectivity index (χ0) is 12.4. The standard InChI is InChI=1S/C14H16N2O2/c15-8-11-9-17-14(16-11)18-13-7-3-5-10-4-1-2-6-12(10)13/h1-2,4,6,9,13H,3,5,7-8,15H2. The largest absolute Gasteiger partial charge is 0.442 e. The van der Waals surface area contributed by atoms with E-state index < -0.39 is 0 Å². The number of hydrogen-bond donors (Lipinski definition) is 1. The molecular formula is C14H16N2O2. The highest BCUT2D eigenvalue weighted by Gasteiger charge is 2.22. The van der Waals surface area contributed by atoms with Gasteiger partial charge in [-0.25, -0.2) is 0 Å². The molecule has 0 spiro atoms. The topological polar surface area (TPSA) is 61.3 Å². The summed E-state index contributed by atoms with van der Waals surface area (Å²) in [6, 6.07) is 8.39. The van der Waals surface area contributed by atoms with Gasteiger partial charge in [-0.1, -0.05) is 24.3 Å². The summed E-state index contributed by atoms with van der Waals surface area (Å²) in [5.41, 5.74) is 8.82. The molecule has 18 heavy (non-hydrogen) atoms. The molecule has 1 aromatic carbocycles. The number of nitrogens with two attached hydrogens (primary N) is 1. The van der Waals surface area contributed by atoms with Crippen molar-refractivity contribution < 1.29 is 9.15 Å². The minimum atomic E-state index is 0.0409. The number of benzene rings is 1. The van der Waals surface area contributed by atoms with Crippen molar-refractivity contribution in [2.45, 2.75) is 31.9 Å². The van der Waals surface area contributed by atoms with Crippen LogP contribution in [0.4, 0.5) is 0 Å². The number of aryl methyl sites for hydroxylation is 1. The highest BCUT2D eigenvalue weighted by molar-refractivity contribution is 5.31. The van der Waals surface area contributed by atoms with Crippen LogP contribution in [0.25, 0.3) is 0 Å². The molecule has 1 aliphatic rings. The maximum atomic E-state index is 5.83. The highest BCUT2D eigenvalue weighted by atomic mass is 16.6. The van der Waals surface area contributed by atoms with E-state index in [-0.39, 0.29) is 6.10 Å². The third-order valence-electron chi connectivity index (χ3n) is 3.30. The fourth-order valence-corrected chi connectivity index (χ4v) is 2.39. The van der Waals surface area contributed by atoms with Gasteiger partial charge in [-0.3, -0.25) is 0 Å². The molecule has 2 aromatic rings. The summed E-state index contributed by atoms with van der Waals surface area (Å²) in [6.45, 7) is 0.369. The van der Waals surface area contributed by atoms with Crippen LogP contribution in [0.15, 0.2) is 34.9 Å². The average molecular weight is 244 g/mol. The molecule has 4 heteroatoms. The van der Waals surface area contributed by atoms with E-state index in [9.17, 15) is 0 Å². The smallest absolute Gasteiger partial charge is 0.394 e. The fourth-order valence-electron chi connectivity index (χ4n) is 2.39. The molecule has 1 heterocycles. The summed E-state index contributed by atoms with van der Waals surface area (Å²) in [6.07, 6.45) is 5.15. The van der Waals surface area contributed by atoms with E-state index in [0.717, 1.165) is 19.3 Å². The first-order valence-electron chi connectivity index (χ1n) is 6.26. The molecule has 1 unspecified atom stereocenters. The molecule has 0 aliphatic heterocycles. The zero-order valence-corrected chi connectivity index (χ0v) is 10.1. The Balaban J connectivity index is 1.81. The Bertz CT molecular complexity index is 536. The second-order valence-electron chi connectivity index (χ2n) is 4.51. The summed E-state index contributed by atoms with van der Waals surface area (Å²) in [5.74, 6) is 0. The molecule has 0 saturated heterocycles. The van der Waals surface area contributed by atoms with Gasteiger partial charge in [0.05, 0.1) is 5.69 Å². The lowest BCUT2D eigenvalue weighted by Crippen LogP contribution is -2.15. The molecule has 94 valence electrons. The van der Waals surface area contributed by atoms with Gasteiger partial charge < -0.3 is 14.9 Å². The Labute approximate surface area is 106 Å². The number of fused-ring (bicyclic) bond motifs is 1. The Hall–Kier alpha value is -1.81. The van der Waals surface area contributed by atoms with E-state index in [1.54, 1.807) is 6.26 Å². The number of oxazole rings is 1. The van der Waals surface area contributed by atoms with Crippen LogP contribution in [0.2, 0.25) is 0 Å². The van der Waals surface area contributed by atoms with Gasteiger partial charge >= 0.3 is 6.08 Å². The van der Waals surface area contributed by atoms with Crippen LogP contribution >= 0.6 is 0 Å². The summed E-state index contributed by atoms with van der Waals surface area (Å²) in [7, 11) is 0. The van der Waals surface area contributed by atoms with Crippen molar-refractivity contribution in [3.8, 4) is 6.08 Å². The van der Waals surface area contributed by atoms with Crippen LogP contribution in [0, 0.1) is 0 Å². The molecule has 0 amide bonds.